The van der Waals surface area contributed by atoms with E-state index in [0.29, 0.717) is 18.0 Å². The third-order valence-corrected chi connectivity index (χ3v) is 4.86. The quantitative estimate of drug-likeness (QED) is 0.487. The van der Waals surface area contributed by atoms with Gasteiger partial charge in [0.15, 0.2) is 6.61 Å². The van der Waals surface area contributed by atoms with Crippen LogP contribution in [0.3, 0.4) is 0 Å². The first-order valence-electron chi connectivity index (χ1n) is 9.83. The third kappa shape index (κ3) is 6.04. The predicted molar refractivity (Wildman–Crippen MR) is 108 cm³/mol. The molecule has 1 aliphatic rings. The van der Waals surface area contributed by atoms with Crippen LogP contribution >= 0.6 is 0 Å². The zero-order valence-corrected chi connectivity index (χ0v) is 17.4. The molecule has 0 bridgehead atoms. The van der Waals surface area contributed by atoms with E-state index in [-0.39, 0.29) is 0 Å². The van der Waals surface area contributed by atoms with Crippen molar-refractivity contribution in [2.45, 2.75) is 52.5 Å². The zero-order valence-electron chi connectivity index (χ0n) is 17.4. The number of hydrogen-bond donors (Lipinski definition) is 2. The summed E-state index contributed by atoms with van der Waals surface area (Å²) in [6, 6.07) is 6.71. The standard InChI is InChI=1S/C21H29N3O5/c1-5-15-6-8-16(9-7-15)22-17(25)13-29-18(26)12-24-19(27)21(4,23-20(24)28)11-10-14(2)3/h6-9,14H,5,10-13H2,1-4H3,(H,22,25)(H,23,28)/t21-/m0/s1. The van der Waals surface area contributed by atoms with Crippen molar-refractivity contribution in [2.24, 2.45) is 5.92 Å². The molecule has 0 aromatic heterocycles. The number of amides is 4. The number of benzene rings is 1. The van der Waals surface area contributed by atoms with Gasteiger partial charge in [-0.15, -0.1) is 0 Å². The van der Waals surface area contributed by atoms with Gasteiger partial charge in [-0.3, -0.25) is 19.3 Å². The summed E-state index contributed by atoms with van der Waals surface area (Å²) in [6.07, 6.45) is 2.14. The van der Waals surface area contributed by atoms with Gasteiger partial charge in [-0.25, -0.2) is 4.79 Å². The summed E-state index contributed by atoms with van der Waals surface area (Å²) < 4.78 is 4.92. The van der Waals surface area contributed by atoms with Crippen LogP contribution in [0.5, 0.6) is 0 Å². The van der Waals surface area contributed by atoms with E-state index in [1.165, 1.54) is 0 Å². The van der Waals surface area contributed by atoms with Crippen molar-refractivity contribution in [1.29, 1.82) is 0 Å². The van der Waals surface area contributed by atoms with E-state index < -0.39 is 42.5 Å². The lowest BCUT2D eigenvalue weighted by atomic mass is 9.92. The molecule has 1 aliphatic heterocycles. The highest BCUT2D eigenvalue weighted by atomic mass is 16.5. The average molecular weight is 403 g/mol. The van der Waals surface area contributed by atoms with E-state index in [1.807, 2.05) is 32.9 Å². The maximum atomic E-state index is 12.6. The zero-order chi connectivity index (χ0) is 21.6. The normalized spacial score (nSPS) is 18.7. The summed E-state index contributed by atoms with van der Waals surface area (Å²) in [5.41, 5.74) is 0.713. The van der Waals surface area contributed by atoms with Gasteiger partial charge in [-0.2, -0.15) is 0 Å². The minimum absolute atomic E-state index is 0.382. The summed E-state index contributed by atoms with van der Waals surface area (Å²) in [5.74, 6) is -1.40. The molecular weight excluding hydrogens is 374 g/mol. The number of anilines is 1. The van der Waals surface area contributed by atoms with Crippen molar-refractivity contribution in [3.8, 4) is 0 Å². The highest BCUT2D eigenvalue weighted by molar-refractivity contribution is 6.08. The molecule has 1 heterocycles. The van der Waals surface area contributed by atoms with Crippen LogP contribution in [0.25, 0.3) is 0 Å². The molecule has 0 spiro atoms. The SMILES string of the molecule is CCc1ccc(NC(=O)COC(=O)CN2C(=O)N[C@@](C)(CCC(C)C)C2=O)cc1. The Kier molecular flexibility index (Phi) is 7.36. The molecule has 0 saturated carbocycles. The fourth-order valence-electron chi connectivity index (χ4n) is 2.98. The number of aryl methyl sites for hydroxylation is 1. The molecule has 2 rings (SSSR count). The molecule has 0 aliphatic carbocycles. The Hall–Kier alpha value is -2.90. The number of imide groups is 1. The minimum atomic E-state index is -1.02. The van der Waals surface area contributed by atoms with Gasteiger partial charge >= 0.3 is 12.0 Å². The molecule has 1 saturated heterocycles. The number of hydrogen-bond acceptors (Lipinski definition) is 5. The van der Waals surface area contributed by atoms with Gasteiger partial charge in [-0.1, -0.05) is 32.9 Å². The Bertz CT molecular complexity index is 775. The maximum Gasteiger partial charge on any atom is 0.326 e. The van der Waals surface area contributed by atoms with E-state index in [1.54, 1.807) is 19.1 Å². The van der Waals surface area contributed by atoms with Crippen LogP contribution in [0.4, 0.5) is 10.5 Å². The van der Waals surface area contributed by atoms with E-state index in [2.05, 4.69) is 10.6 Å². The molecule has 8 nitrogen and oxygen atoms in total. The molecule has 29 heavy (non-hydrogen) atoms. The number of nitrogens with zero attached hydrogens (tertiary/aromatic N) is 1. The van der Waals surface area contributed by atoms with Crippen LogP contribution in [-0.2, 0) is 25.5 Å². The molecule has 0 radical (unpaired) electrons. The number of carbonyl (C=O) groups is 4. The van der Waals surface area contributed by atoms with E-state index in [9.17, 15) is 19.2 Å². The molecule has 1 aromatic carbocycles. The average Bonchev–Trinajstić information content (AvgIpc) is 2.89. The molecule has 1 atom stereocenters. The second-order valence-corrected chi connectivity index (χ2v) is 7.85. The van der Waals surface area contributed by atoms with Crippen LogP contribution in [0.2, 0.25) is 0 Å². The minimum Gasteiger partial charge on any atom is -0.454 e. The summed E-state index contributed by atoms with van der Waals surface area (Å²) in [4.78, 5) is 49.5. The molecule has 1 aromatic rings. The lowest BCUT2D eigenvalue weighted by Gasteiger charge is -2.22. The Morgan fingerprint density at radius 1 is 1.21 bits per heavy atom. The lowest BCUT2D eigenvalue weighted by molar-refractivity contribution is -0.150. The van der Waals surface area contributed by atoms with Gasteiger partial charge in [0.05, 0.1) is 0 Å². The topological polar surface area (TPSA) is 105 Å². The highest BCUT2D eigenvalue weighted by Crippen LogP contribution is 2.24. The fourth-order valence-corrected chi connectivity index (χ4v) is 2.98. The van der Waals surface area contributed by atoms with Crippen LogP contribution in [0, 0.1) is 5.92 Å². The largest absolute Gasteiger partial charge is 0.454 e. The van der Waals surface area contributed by atoms with Gasteiger partial charge in [0.2, 0.25) is 0 Å². The van der Waals surface area contributed by atoms with Crippen molar-refractivity contribution in [3.05, 3.63) is 29.8 Å². The van der Waals surface area contributed by atoms with Crippen molar-refractivity contribution in [3.63, 3.8) is 0 Å². The number of urea groups is 1. The Labute approximate surface area is 171 Å². The van der Waals surface area contributed by atoms with E-state index >= 15 is 0 Å². The molecule has 158 valence electrons. The van der Waals surface area contributed by atoms with Crippen LogP contribution < -0.4 is 10.6 Å². The number of ether oxygens (including phenoxy) is 1. The molecule has 8 heteroatoms. The van der Waals surface area contributed by atoms with Crippen LogP contribution in [0.1, 0.15) is 46.1 Å². The number of carbonyl (C=O) groups excluding carboxylic acids is 4. The Morgan fingerprint density at radius 3 is 2.45 bits per heavy atom. The van der Waals surface area contributed by atoms with Gasteiger partial charge in [0, 0.05) is 5.69 Å². The summed E-state index contributed by atoms with van der Waals surface area (Å²) >= 11 is 0. The Balaban J connectivity index is 1.82. The summed E-state index contributed by atoms with van der Waals surface area (Å²) in [5, 5.41) is 5.27. The van der Waals surface area contributed by atoms with Gasteiger partial charge in [0.1, 0.15) is 12.1 Å². The predicted octanol–water partition coefficient (Wildman–Crippen LogP) is 2.48. The third-order valence-electron chi connectivity index (χ3n) is 4.86. The first-order valence-corrected chi connectivity index (χ1v) is 9.83. The van der Waals surface area contributed by atoms with Crippen molar-refractivity contribution >= 4 is 29.5 Å². The first kappa shape index (κ1) is 22.4. The second kappa shape index (κ2) is 9.54. The summed E-state index contributed by atoms with van der Waals surface area (Å²) in [6.45, 7) is 6.72. The smallest absolute Gasteiger partial charge is 0.326 e. The highest BCUT2D eigenvalue weighted by Gasteiger charge is 2.48. The Morgan fingerprint density at radius 2 is 1.86 bits per heavy atom. The number of nitrogens with one attached hydrogen (secondary N) is 2. The maximum absolute atomic E-state index is 12.6. The second-order valence-electron chi connectivity index (χ2n) is 7.85. The fraction of sp³-hybridized carbons (Fsp3) is 0.524. The number of rotatable bonds is 9. The molecule has 1 fully saturated rings. The van der Waals surface area contributed by atoms with Gasteiger partial charge in [0.25, 0.3) is 11.8 Å². The van der Waals surface area contributed by atoms with Gasteiger partial charge < -0.3 is 15.4 Å². The monoisotopic (exact) mass is 403 g/mol. The molecule has 0 unspecified atom stereocenters. The number of esters is 1. The van der Waals surface area contributed by atoms with Crippen LogP contribution in [-0.4, -0.2) is 47.4 Å². The van der Waals surface area contributed by atoms with E-state index in [4.69, 9.17) is 4.74 Å². The van der Waals surface area contributed by atoms with Crippen molar-refractivity contribution < 1.29 is 23.9 Å². The lowest BCUT2D eigenvalue weighted by Crippen LogP contribution is -2.44. The summed E-state index contributed by atoms with van der Waals surface area (Å²) in [7, 11) is 0. The van der Waals surface area contributed by atoms with Crippen LogP contribution in [0.15, 0.2) is 24.3 Å². The molecule has 2 N–H and O–H groups in total. The van der Waals surface area contributed by atoms with Gasteiger partial charge in [-0.05, 0) is 49.8 Å². The first-order chi connectivity index (χ1) is 13.6. The van der Waals surface area contributed by atoms with E-state index in [0.717, 1.165) is 23.3 Å². The molecular formula is C21H29N3O5. The van der Waals surface area contributed by atoms with Crippen molar-refractivity contribution in [2.75, 3.05) is 18.5 Å². The van der Waals surface area contributed by atoms with Crippen molar-refractivity contribution in [1.82, 2.24) is 10.2 Å². The molecule has 4 amide bonds.